The van der Waals surface area contributed by atoms with E-state index in [9.17, 15) is 4.79 Å². The molecular formula is C21H20N4OS. The zero-order valence-electron chi connectivity index (χ0n) is 15.0. The first-order valence-electron chi connectivity index (χ1n) is 8.93. The number of fused-ring (bicyclic) bond motifs is 1. The number of nitrogens with one attached hydrogen (secondary N) is 2. The van der Waals surface area contributed by atoms with Crippen LogP contribution in [0.4, 0.5) is 0 Å². The number of hydrogen-bond donors (Lipinski definition) is 2. The highest BCUT2D eigenvalue weighted by molar-refractivity contribution is 7.18. The monoisotopic (exact) mass is 376 g/mol. The average molecular weight is 376 g/mol. The molecule has 2 aromatic heterocycles. The zero-order chi connectivity index (χ0) is 18.6. The Labute approximate surface area is 161 Å². The number of benzene rings is 2. The minimum atomic E-state index is -0.176. The second-order valence-corrected chi connectivity index (χ2v) is 7.53. The number of nitrogens with zero attached hydrogens (tertiary/aromatic N) is 2. The van der Waals surface area contributed by atoms with Crippen molar-refractivity contribution in [2.75, 3.05) is 0 Å². The lowest BCUT2D eigenvalue weighted by atomic mass is 10.2. The topological polar surface area (TPSA) is 70.7 Å². The van der Waals surface area contributed by atoms with Gasteiger partial charge in [-0.15, -0.1) is 11.3 Å². The third-order valence-corrected chi connectivity index (χ3v) is 5.47. The van der Waals surface area contributed by atoms with Gasteiger partial charge in [0.25, 0.3) is 0 Å². The lowest BCUT2D eigenvalue weighted by Crippen LogP contribution is -2.27. The van der Waals surface area contributed by atoms with Gasteiger partial charge in [0.1, 0.15) is 5.82 Å². The highest BCUT2D eigenvalue weighted by Crippen LogP contribution is 2.23. The minimum Gasteiger partial charge on any atom is -0.346 e. The van der Waals surface area contributed by atoms with Crippen LogP contribution in [0.5, 0.6) is 0 Å². The minimum absolute atomic E-state index is 0.000540. The number of thiazole rings is 1. The molecule has 1 atom stereocenters. The number of rotatable bonds is 6. The molecule has 0 aliphatic heterocycles. The molecule has 4 rings (SSSR count). The number of amides is 1. The maximum Gasteiger partial charge on any atom is 0.220 e. The Morgan fingerprint density at radius 3 is 2.74 bits per heavy atom. The van der Waals surface area contributed by atoms with Gasteiger partial charge in [-0.25, -0.2) is 9.97 Å². The van der Waals surface area contributed by atoms with Crippen molar-refractivity contribution in [3.8, 4) is 11.3 Å². The van der Waals surface area contributed by atoms with Crippen molar-refractivity contribution in [2.24, 2.45) is 0 Å². The van der Waals surface area contributed by atoms with Crippen LogP contribution in [0.15, 0.2) is 60.8 Å². The molecule has 1 unspecified atom stereocenters. The summed E-state index contributed by atoms with van der Waals surface area (Å²) >= 11 is 1.65. The van der Waals surface area contributed by atoms with E-state index in [-0.39, 0.29) is 11.9 Å². The number of carbonyl (C=O) groups is 1. The molecule has 2 heterocycles. The fourth-order valence-corrected chi connectivity index (χ4v) is 3.92. The molecule has 0 saturated heterocycles. The molecule has 6 heteroatoms. The summed E-state index contributed by atoms with van der Waals surface area (Å²) in [6, 6.07) is 17.9. The largest absolute Gasteiger partial charge is 0.346 e. The molecule has 0 saturated carbocycles. The number of aromatic amines is 1. The summed E-state index contributed by atoms with van der Waals surface area (Å²) in [4.78, 5) is 24.6. The zero-order valence-corrected chi connectivity index (χ0v) is 15.8. The lowest BCUT2D eigenvalue weighted by Gasteiger charge is -2.11. The van der Waals surface area contributed by atoms with Crippen LogP contribution in [0.3, 0.4) is 0 Å². The van der Waals surface area contributed by atoms with E-state index in [4.69, 9.17) is 0 Å². The lowest BCUT2D eigenvalue weighted by molar-refractivity contribution is -0.121. The van der Waals surface area contributed by atoms with Crippen LogP contribution in [-0.2, 0) is 11.2 Å². The second kappa shape index (κ2) is 7.72. The fourth-order valence-electron chi connectivity index (χ4n) is 2.95. The average Bonchev–Trinajstić information content (AvgIpc) is 3.34. The Kier molecular flexibility index (Phi) is 4.98. The van der Waals surface area contributed by atoms with Gasteiger partial charge < -0.3 is 10.3 Å². The van der Waals surface area contributed by atoms with Gasteiger partial charge in [-0.1, -0.05) is 42.5 Å². The van der Waals surface area contributed by atoms with Crippen molar-refractivity contribution in [1.29, 1.82) is 0 Å². The molecule has 2 aromatic carbocycles. The molecular weight excluding hydrogens is 356 g/mol. The molecule has 0 aliphatic carbocycles. The van der Waals surface area contributed by atoms with Gasteiger partial charge >= 0.3 is 0 Å². The maximum atomic E-state index is 12.3. The van der Waals surface area contributed by atoms with E-state index in [1.54, 1.807) is 17.5 Å². The number of imidazole rings is 1. The first kappa shape index (κ1) is 17.4. The summed E-state index contributed by atoms with van der Waals surface area (Å²) in [7, 11) is 0. The first-order valence-corrected chi connectivity index (χ1v) is 9.75. The van der Waals surface area contributed by atoms with Crippen LogP contribution in [0.1, 0.15) is 30.2 Å². The first-order chi connectivity index (χ1) is 13.2. The maximum absolute atomic E-state index is 12.3. The molecule has 0 fully saturated rings. The van der Waals surface area contributed by atoms with Crippen molar-refractivity contribution in [3.63, 3.8) is 0 Å². The Morgan fingerprint density at radius 2 is 1.93 bits per heavy atom. The van der Waals surface area contributed by atoms with Gasteiger partial charge in [-0.2, -0.15) is 0 Å². The van der Waals surface area contributed by atoms with E-state index in [1.165, 1.54) is 0 Å². The van der Waals surface area contributed by atoms with E-state index in [0.29, 0.717) is 12.8 Å². The van der Waals surface area contributed by atoms with Gasteiger partial charge in [0.2, 0.25) is 5.91 Å². The Morgan fingerprint density at radius 1 is 1.15 bits per heavy atom. The molecule has 136 valence electrons. The van der Waals surface area contributed by atoms with Crippen LogP contribution in [0.25, 0.3) is 21.5 Å². The number of aryl methyl sites for hydroxylation is 1. The predicted molar refractivity (Wildman–Crippen MR) is 109 cm³/mol. The predicted octanol–water partition coefficient (Wildman–Crippen LogP) is 4.50. The van der Waals surface area contributed by atoms with Crippen molar-refractivity contribution in [1.82, 2.24) is 20.3 Å². The Hall–Kier alpha value is -2.99. The normalized spacial score (nSPS) is 12.2. The van der Waals surface area contributed by atoms with Crippen molar-refractivity contribution < 1.29 is 4.79 Å². The fraction of sp³-hybridized carbons (Fsp3) is 0.190. The van der Waals surface area contributed by atoms with Crippen molar-refractivity contribution >= 4 is 27.5 Å². The molecule has 1 amide bonds. The molecule has 0 bridgehead atoms. The SMILES string of the molecule is CC(NC(=O)CCc1nc2ccccc2s1)c1ncc(-c2ccccc2)[nH]1. The molecule has 0 spiro atoms. The summed E-state index contributed by atoms with van der Waals surface area (Å²) in [5.74, 6) is 0.751. The molecule has 5 nitrogen and oxygen atoms in total. The quantitative estimate of drug-likeness (QED) is 0.521. The van der Waals surface area contributed by atoms with E-state index >= 15 is 0 Å². The molecule has 2 N–H and O–H groups in total. The third kappa shape index (κ3) is 4.06. The Balaban J connectivity index is 1.34. The summed E-state index contributed by atoms with van der Waals surface area (Å²) in [5.41, 5.74) is 3.02. The van der Waals surface area contributed by atoms with Crippen LogP contribution in [0.2, 0.25) is 0 Å². The van der Waals surface area contributed by atoms with Crippen molar-refractivity contribution in [2.45, 2.75) is 25.8 Å². The van der Waals surface area contributed by atoms with Crippen molar-refractivity contribution in [3.05, 3.63) is 71.6 Å². The number of H-pyrrole nitrogens is 1. The van der Waals surface area contributed by atoms with E-state index in [2.05, 4.69) is 26.3 Å². The highest BCUT2D eigenvalue weighted by Gasteiger charge is 2.14. The highest BCUT2D eigenvalue weighted by atomic mass is 32.1. The van der Waals surface area contributed by atoms with Gasteiger partial charge in [0, 0.05) is 12.8 Å². The summed E-state index contributed by atoms with van der Waals surface area (Å²) < 4.78 is 1.16. The molecule has 0 radical (unpaired) electrons. The van der Waals surface area contributed by atoms with E-state index in [0.717, 1.165) is 32.3 Å². The van der Waals surface area contributed by atoms with E-state index < -0.39 is 0 Å². The van der Waals surface area contributed by atoms with E-state index in [1.807, 2.05) is 55.5 Å². The van der Waals surface area contributed by atoms with Gasteiger partial charge in [0.05, 0.1) is 33.2 Å². The van der Waals surface area contributed by atoms with Crippen LogP contribution in [-0.4, -0.2) is 20.9 Å². The molecule has 27 heavy (non-hydrogen) atoms. The number of para-hydroxylation sites is 1. The van der Waals surface area contributed by atoms with Gasteiger partial charge in [-0.05, 0) is 24.6 Å². The number of hydrogen-bond acceptors (Lipinski definition) is 4. The third-order valence-electron chi connectivity index (χ3n) is 4.37. The van der Waals surface area contributed by atoms with Gasteiger partial charge in [0.15, 0.2) is 0 Å². The van der Waals surface area contributed by atoms with Crippen LogP contribution in [0, 0.1) is 0 Å². The number of carbonyl (C=O) groups excluding carboxylic acids is 1. The molecule has 0 aliphatic rings. The van der Waals surface area contributed by atoms with Crippen LogP contribution >= 0.6 is 11.3 Å². The van der Waals surface area contributed by atoms with Gasteiger partial charge in [-0.3, -0.25) is 4.79 Å². The Bertz CT molecular complexity index is 1020. The second-order valence-electron chi connectivity index (χ2n) is 6.41. The summed E-state index contributed by atoms with van der Waals surface area (Å²) in [6.45, 7) is 1.93. The number of aromatic nitrogens is 3. The van der Waals surface area contributed by atoms with Crippen LogP contribution < -0.4 is 5.32 Å². The standard InChI is InChI=1S/C21H20N4OS/c1-14(21-22-13-17(25-21)15-7-3-2-4-8-15)23-19(26)11-12-20-24-16-9-5-6-10-18(16)27-20/h2-10,13-14H,11-12H2,1H3,(H,22,25)(H,23,26). The smallest absolute Gasteiger partial charge is 0.220 e. The molecule has 4 aromatic rings. The summed E-state index contributed by atoms with van der Waals surface area (Å²) in [5, 5.41) is 4.00. The summed E-state index contributed by atoms with van der Waals surface area (Å²) in [6.07, 6.45) is 2.86.